The molecule has 0 saturated heterocycles. The standard InChI is InChI=1S/C5F11O4.C3H2F4O3S.C2H2F2.FHO3S.2K/c6-1(7,17)2(8,9)18-4(13,14)20-5(15,16)19-3(10,11)12;1-2(4)3(5,6)10-11(7,8)9;1-2(3)4;1-5(2,3)4;;/h;1H2;1H2;(H,2,3,4);;/q-1;;;;2*+1/p-1. The molecule has 0 heterocycles. The fraction of sp³-hybridized carbons (Fsp3) is 0.600. The molecule has 0 unspecified atom stereocenters. The average molecular weight is 768 g/mol. The van der Waals surface area contributed by atoms with Gasteiger partial charge >= 0.3 is 144 Å². The molecular weight excluding hydrogens is 764 g/mol. The second-order valence-corrected chi connectivity index (χ2v) is 6.58. The molecule has 0 aromatic heterocycles. The predicted molar refractivity (Wildman–Crippen MR) is 77.6 cm³/mol. The maximum Gasteiger partial charge on any atom is 1.00 e. The zero-order valence-electron chi connectivity index (χ0n) is 19.1. The van der Waals surface area contributed by atoms with E-state index < -0.39 is 70.2 Å². The van der Waals surface area contributed by atoms with Crippen LogP contribution in [0.4, 0.5) is 78.0 Å². The summed E-state index contributed by atoms with van der Waals surface area (Å²) in [7, 11) is -11.3. The summed E-state index contributed by atoms with van der Waals surface area (Å²) in [4.78, 5) is 0. The summed E-state index contributed by atoms with van der Waals surface area (Å²) in [6.45, 7) is 4.26. The van der Waals surface area contributed by atoms with Crippen molar-refractivity contribution in [1.82, 2.24) is 0 Å². The maximum atomic E-state index is 12.2. The summed E-state index contributed by atoms with van der Waals surface area (Å²) in [6, 6.07) is 0. The molecule has 0 aliphatic heterocycles. The molecule has 0 saturated carbocycles. The molecule has 32 heteroatoms. The number of hydrogen-bond donors (Lipinski definition) is 0. The second-order valence-electron chi connectivity index (χ2n) is 4.84. The van der Waals surface area contributed by atoms with Gasteiger partial charge in [0.15, 0.2) is 5.83 Å². The van der Waals surface area contributed by atoms with Crippen LogP contribution in [0, 0.1) is 0 Å². The van der Waals surface area contributed by atoms with E-state index in [4.69, 9.17) is 13.0 Å². The number of alkyl halides is 13. The van der Waals surface area contributed by atoms with Crippen molar-refractivity contribution < 1.29 is 226 Å². The third-order valence-corrected chi connectivity index (χ3v) is 1.99. The zero-order chi connectivity index (χ0) is 34.0. The minimum Gasteiger partial charge on any atom is -0.791 e. The Labute approximate surface area is 305 Å². The molecule has 0 radical (unpaired) electrons. The fourth-order valence-corrected chi connectivity index (χ4v) is 1.03. The molecule has 0 aliphatic carbocycles. The van der Waals surface area contributed by atoms with Crippen LogP contribution in [0.5, 0.6) is 0 Å². The van der Waals surface area contributed by atoms with E-state index >= 15 is 0 Å². The van der Waals surface area contributed by atoms with Gasteiger partial charge in [-0.3, -0.25) is 0 Å². The number of rotatable bonds is 9. The summed E-state index contributed by atoms with van der Waals surface area (Å²) in [5.41, 5.74) is 0. The van der Waals surface area contributed by atoms with Crippen LogP contribution in [-0.2, 0) is 39.4 Å². The van der Waals surface area contributed by atoms with E-state index in [1.54, 1.807) is 14.2 Å². The van der Waals surface area contributed by atoms with Crippen molar-refractivity contribution in [3.63, 3.8) is 0 Å². The van der Waals surface area contributed by atoms with Crippen LogP contribution < -0.4 is 108 Å². The first-order chi connectivity index (χ1) is 16.8. The van der Waals surface area contributed by atoms with E-state index in [9.17, 15) is 91.5 Å². The van der Waals surface area contributed by atoms with Crippen molar-refractivity contribution >= 4 is 21.0 Å². The molecule has 42 heavy (non-hydrogen) atoms. The Hall–Kier alpha value is 1.15. The molecule has 0 atom stereocenters. The van der Waals surface area contributed by atoms with Crippen LogP contribution in [0.2, 0.25) is 0 Å². The molecular formula is C10H4F18K2O10S2. The Balaban J connectivity index is -0.000000124. The smallest absolute Gasteiger partial charge is 0.791 e. The molecule has 0 bridgehead atoms. The van der Waals surface area contributed by atoms with Crippen LogP contribution in [0.15, 0.2) is 25.1 Å². The molecule has 0 spiro atoms. The van der Waals surface area contributed by atoms with E-state index in [0.717, 1.165) is 0 Å². The van der Waals surface area contributed by atoms with Crippen molar-refractivity contribution in [2.75, 3.05) is 0 Å². The largest absolute Gasteiger partial charge is 1.00 e. The molecule has 0 aromatic carbocycles. The number of ether oxygens (including phenoxy) is 3. The van der Waals surface area contributed by atoms with Gasteiger partial charge in [0.25, 0.3) is 22.7 Å². The number of hydrogen-bond acceptors (Lipinski definition) is 10. The summed E-state index contributed by atoms with van der Waals surface area (Å²) < 4.78 is 257. The van der Waals surface area contributed by atoms with Gasteiger partial charge in [-0.15, -0.1) is 34.6 Å². The van der Waals surface area contributed by atoms with Crippen LogP contribution >= 0.6 is 0 Å². The molecule has 0 aliphatic rings. The predicted octanol–water partition coefficient (Wildman–Crippen LogP) is -1.68. The van der Waals surface area contributed by atoms with E-state index in [0.29, 0.717) is 0 Å². The Morgan fingerprint density at radius 1 is 0.643 bits per heavy atom. The third kappa shape index (κ3) is 41.2. The van der Waals surface area contributed by atoms with Gasteiger partial charge in [0.05, 0.1) is 0 Å². The minimum absolute atomic E-state index is 0. The first-order valence-corrected chi connectivity index (χ1v) is 9.79. The average Bonchev–Trinajstić information content (AvgIpc) is 2.43. The van der Waals surface area contributed by atoms with Crippen molar-refractivity contribution in [2.24, 2.45) is 0 Å². The van der Waals surface area contributed by atoms with Gasteiger partial charge in [0, 0.05) is 0 Å². The van der Waals surface area contributed by atoms with Crippen LogP contribution in [0.25, 0.3) is 0 Å². The van der Waals surface area contributed by atoms with E-state index in [2.05, 4.69) is 10.8 Å². The Morgan fingerprint density at radius 3 is 1.07 bits per heavy atom. The number of halogens is 18. The van der Waals surface area contributed by atoms with Gasteiger partial charge in [-0.25, -0.2) is 31.1 Å². The summed E-state index contributed by atoms with van der Waals surface area (Å²) in [6.07, 6.45) is -38.7. The van der Waals surface area contributed by atoms with Gasteiger partial charge in [-0.2, -0.15) is 43.7 Å². The monoisotopic (exact) mass is 768 g/mol. The van der Waals surface area contributed by atoms with E-state index in [1.165, 1.54) is 0 Å². The normalized spacial score (nSPS) is 12.9. The molecule has 0 amide bonds. The fourth-order valence-electron chi connectivity index (χ4n) is 0.694. The van der Waals surface area contributed by atoms with Gasteiger partial charge in [-0.1, -0.05) is 10.5 Å². The van der Waals surface area contributed by atoms with Crippen molar-refractivity contribution in [3.05, 3.63) is 25.1 Å². The first-order valence-electron chi connectivity index (χ1n) is 7.17. The molecule has 244 valence electrons. The quantitative estimate of drug-likeness (QED) is 0.0875. The molecule has 0 fully saturated rings. The second kappa shape index (κ2) is 20.4. The maximum absolute atomic E-state index is 12.2. The first kappa shape index (κ1) is 55.5. The van der Waals surface area contributed by atoms with Crippen molar-refractivity contribution in [3.8, 4) is 0 Å². The minimum atomic E-state index is -6.56. The zero-order valence-corrected chi connectivity index (χ0v) is 27.0. The summed E-state index contributed by atoms with van der Waals surface area (Å²) in [5.74, 6) is -2.39. The Bertz CT molecular complexity index is 1020. The third-order valence-electron chi connectivity index (χ3n) is 1.58. The molecule has 0 rings (SSSR count). The van der Waals surface area contributed by atoms with Crippen molar-refractivity contribution in [1.29, 1.82) is 0 Å². The van der Waals surface area contributed by atoms with Gasteiger partial charge in [0.2, 0.25) is 0 Å². The SMILES string of the molecule is C=C(F)C(F)(F)OS(=O)(=O)F.C=C(F)F.O=S(=O)([O-])F.[K+].[K+].[O-]C(F)(F)C(F)(F)OC(F)(F)OC(F)(F)OC(F)(F)F. The summed E-state index contributed by atoms with van der Waals surface area (Å²) in [5, 5.41) is 9.40. The van der Waals surface area contributed by atoms with Crippen LogP contribution in [0.1, 0.15) is 0 Å². The van der Waals surface area contributed by atoms with Gasteiger partial charge in [-0.05, 0) is 6.58 Å². The van der Waals surface area contributed by atoms with Crippen LogP contribution in [0.3, 0.4) is 0 Å². The topological polar surface area (TPSA) is 151 Å². The van der Waals surface area contributed by atoms with E-state index in [-0.39, 0.29) is 103 Å². The summed E-state index contributed by atoms with van der Waals surface area (Å²) >= 11 is 0. The molecule has 0 N–H and O–H groups in total. The molecule has 0 aromatic rings. The van der Waals surface area contributed by atoms with Gasteiger partial charge in [0.1, 0.15) is 0 Å². The van der Waals surface area contributed by atoms with Gasteiger partial charge < -0.3 is 9.66 Å². The molecule has 10 nitrogen and oxygen atoms in total. The van der Waals surface area contributed by atoms with E-state index in [1.807, 2.05) is 6.58 Å². The van der Waals surface area contributed by atoms with Crippen LogP contribution in [-0.4, -0.2) is 58.7 Å². The Morgan fingerprint density at radius 2 is 0.905 bits per heavy atom. The Kier molecular flexibility index (Phi) is 27.0. The van der Waals surface area contributed by atoms with Crippen molar-refractivity contribution in [2.45, 2.75) is 37.3 Å².